The van der Waals surface area contributed by atoms with Crippen molar-refractivity contribution in [2.75, 3.05) is 33.2 Å². The Kier molecular flexibility index (Phi) is 5.43. The molecule has 2 aliphatic rings. The number of likely N-dealkylation sites (N-methyl/N-ethyl adjacent to an activating group) is 1. The second-order valence-electron chi connectivity index (χ2n) is 8.58. The predicted molar refractivity (Wildman–Crippen MR) is 113 cm³/mol. The maximum absolute atomic E-state index is 12.9. The van der Waals surface area contributed by atoms with Crippen LogP contribution < -0.4 is 14.5 Å². The maximum atomic E-state index is 12.9. The molecule has 0 atom stereocenters. The normalized spacial score (nSPS) is 22.8. The SMILES string of the molecule is CC(C)c1ccc(/C=C2\Oc3c(ccc(O)c3C[NH+]3CC[NH+](C)CC3)C2=O)cc1. The Morgan fingerprint density at radius 2 is 1.76 bits per heavy atom. The van der Waals surface area contributed by atoms with Crippen LogP contribution >= 0.6 is 0 Å². The van der Waals surface area contributed by atoms with E-state index >= 15 is 0 Å². The highest BCUT2D eigenvalue weighted by molar-refractivity contribution is 6.14. The number of Topliss-reactive ketones (excluding diaryl/α,β-unsaturated/α-hetero) is 1. The van der Waals surface area contributed by atoms with E-state index in [2.05, 4.69) is 33.0 Å². The molecule has 0 radical (unpaired) electrons. The molecule has 3 N–H and O–H groups in total. The summed E-state index contributed by atoms with van der Waals surface area (Å²) in [5, 5.41) is 10.5. The fourth-order valence-electron chi connectivity index (χ4n) is 4.05. The van der Waals surface area contributed by atoms with E-state index < -0.39 is 0 Å². The van der Waals surface area contributed by atoms with Crippen LogP contribution in [0.3, 0.4) is 0 Å². The summed E-state index contributed by atoms with van der Waals surface area (Å²) in [6, 6.07) is 11.5. The van der Waals surface area contributed by atoms with Gasteiger partial charge in [-0.1, -0.05) is 38.1 Å². The summed E-state index contributed by atoms with van der Waals surface area (Å²) in [5.74, 6) is 1.40. The number of fused-ring (bicyclic) bond motifs is 1. The lowest BCUT2D eigenvalue weighted by atomic mass is 10.0. The summed E-state index contributed by atoms with van der Waals surface area (Å²) in [4.78, 5) is 15.8. The van der Waals surface area contributed by atoms with E-state index in [-0.39, 0.29) is 11.5 Å². The molecule has 2 heterocycles. The first-order valence-corrected chi connectivity index (χ1v) is 10.5. The van der Waals surface area contributed by atoms with Gasteiger partial charge in [0.2, 0.25) is 5.78 Å². The molecule has 1 fully saturated rings. The summed E-state index contributed by atoms with van der Waals surface area (Å²) in [6.45, 7) is 9.31. The minimum Gasteiger partial charge on any atom is -0.507 e. The van der Waals surface area contributed by atoms with Crippen molar-refractivity contribution < 1.29 is 24.4 Å². The first-order chi connectivity index (χ1) is 13.9. The van der Waals surface area contributed by atoms with Crippen LogP contribution in [0.1, 0.15) is 46.8 Å². The smallest absolute Gasteiger partial charge is 0.231 e. The number of quaternary nitrogens is 2. The van der Waals surface area contributed by atoms with Gasteiger partial charge in [0.15, 0.2) is 11.5 Å². The molecule has 0 amide bonds. The van der Waals surface area contributed by atoms with E-state index in [1.807, 2.05) is 12.1 Å². The van der Waals surface area contributed by atoms with Crippen LogP contribution in [0.2, 0.25) is 0 Å². The van der Waals surface area contributed by atoms with Crippen LogP contribution in [0.25, 0.3) is 6.08 Å². The number of hydrogen-bond acceptors (Lipinski definition) is 3. The standard InChI is InChI=1S/C24H28N2O3/c1-16(2)18-6-4-17(5-7-18)14-22-23(28)19-8-9-21(27)20(24(19)29-22)15-26-12-10-25(3)11-13-26/h4-9,14,16,27H,10-13,15H2,1-3H3/p+2/b22-14-. The van der Waals surface area contributed by atoms with E-state index in [1.165, 1.54) is 15.4 Å². The third-order valence-electron chi connectivity index (χ3n) is 6.05. The molecule has 1 saturated heterocycles. The van der Waals surface area contributed by atoms with Crippen molar-refractivity contribution >= 4 is 11.9 Å². The molecule has 0 unspecified atom stereocenters. The molecule has 0 aliphatic carbocycles. The number of carbonyl (C=O) groups is 1. The highest BCUT2D eigenvalue weighted by Gasteiger charge is 2.33. The number of ketones is 1. The Bertz CT molecular complexity index is 939. The zero-order valence-electron chi connectivity index (χ0n) is 17.4. The summed E-state index contributed by atoms with van der Waals surface area (Å²) in [7, 11) is 2.21. The number of phenolic OH excluding ortho intramolecular Hbond substituents is 1. The molecule has 2 aromatic rings. The maximum Gasteiger partial charge on any atom is 0.231 e. The lowest BCUT2D eigenvalue weighted by molar-refractivity contribution is -1.01. The van der Waals surface area contributed by atoms with Crippen molar-refractivity contribution in [1.82, 2.24) is 0 Å². The monoisotopic (exact) mass is 394 g/mol. The minimum atomic E-state index is -0.119. The Morgan fingerprint density at radius 3 is 2.41 bits per heavy atom. The van der Waals surface area contributed by atoms with Gasteiger partial charge in [0.25, 0.3) is 0 Å². The molecule has 0 spiro atoms. The zero-order chi connectivity index (χ0) is 20.5. The number of carbonyl (C=O) groups excluding carboxylic acids is 1. The lowest BCUT2D eigenvalue weighted by Crippen LogP contribution is -3.26. The van der Waals surface area contributed by atoms with Gasteiger partial charge in [-0.15, -0.1) is 0 Å². The summed E-state index contributed by atoms with van der Waals surface area (Å²) in [6.07, 6.45) is 1.79. The van der Waals surface area contributed by atoms with E-state index in [4.69, 9.17) is 4.74 Å². The molecule has 2 aliphatic heterocycles. The number of benzene rings is 2. The third-order valence-corrected chi connectivity index (χ3v) is 6.05. The number of ether oxygens (including phenoxy) is 1. The highest BCUT2D eigenvalue weighted by atomic mass is 16.5. The number of hydrogen-bond donors (Lipinski definition) is 3. The minimum absolute atomic E-state index is 0.119. The quantitative estimate of drug-likeness (QED) is 0.680. The van der Waals surface area contributed by atoms with Crippen LogP contribution in [-0.2, 0) is 6.54 Å². The van der Waals surface area contributed by atoms with Crippen molar-refractivity contribution in [3.05, 3.63) is 64.4 Å². The fourth-order valence-corrected chi connectivity index (χ4v) is 4.05. The van der Waals surface area contributed by atoms with Gasteiger partial charge >= 0.3 is 0 Å². The van der Waals surface area contributed by atoms with Crippen LogP contribution in [0, 0.1) is 0 Å². The van der Waals surface area contributed by atoms with Crippen molar-refractivity contribution in [3.8, 4) is 11.5 Å². The van der Waals surface area contributed by atoms with Gasteiger partial charge in [-0.2, -0.15) is 0 Å². The topological polar surface area (TPSA) is 55.4 Å². The molecule has 152 valence electrons. The van der Waals surface area contributed by atoms with Crippen LogP contribution in [0.4, 0.5) is 0 Å². The van der Waals surface area contributed by atoms with Crippen molar-refractivity contribution in [1.29, 1.82) is 0 Å². The molecular formula is C24H30N2O3+2. The van der Waals surface area contributed by atoms with Crippen LogP contribution in [0.15, 0.2) is 42.2 Å². The molecule has 4 rings (SSSR count). The van der Waals surface area contributed by atoms with Crippen molar-refractivity contribution in [2.24, 2.45) is 0 Å². The zero-order valence-corrected chi connectivity index (χ0v) is 17.4. The number of phenols is 1. The molecule has 2 aromatic carbocycles. The first kappa shape index (κ1) is 19.7. The average Bonchev–Trinajstić information content (AvgIpc) is 3.02. The van der Waals surface area contributed by atoms with Crippen molar-refractivity contribution in [3.63, 3.8) is 0 Å². The Labute approximate surface area is 172 Å². The molecule has 0 bridgehead atoms. The average molecular weight is 395 g/mol. The van der Waals surface area contributed by atoms with E-state index in [1.54, 1.807) is 18.2 Å². The third kappa shape index (κ3) is 4.07. The summed E-state index contributed by atoms with van der Waals surface area (Å²) in [5.41, 5.74) is 3.48. The molecule has 0 aromatic heterocycles. The van der Waals surface area contributed by atoms with Crippen LogP contribution in [0.5, 0.6) is 11.5 Å². The van der Waals surface area contributed by atoms with Gasteiger partial charge in [-0.05, 0) is 35.3 Å². The molecular weight excluding hydrogens is 364 g/mol. The van der Waals surface area contributed by atoms with Gasteiger partial charge in [-0.3, -0.25) is 4.79 Å². The lowest BCUT2D eigenvalue weighted by Gasteiger charge is -2.27. The van der Waals surface area contributed by atoms with E-state index in [0.717, 1.165) is 37.3 Å². The second kappa shape index (κ2) is 8.01. The Balaban J connectivity index is 1.59. The Morgan fingerprint density at radius 1 is 1.07 bits per heavy atom. The highest BCUT2D eigenvalue weighted by Crippen LogP contribution is 2.39. The number of piperazine rings is 1. The number of aromatic hydroxyl groups is 1. The molecule has 5 nitrogen and oxygen atoms in total. The van der Waals surface area contributed by atoms with Crippen LogP contribution in [-0.4, -0.2) is 44.1 Å². The predicted octanol–water partition coefficient (Wildman–Crippen LogP) is 1.05. The molecule has 5 heteroatoms. The first-order valence-electron chi connectivity index (χ1n) is 10.5. The fraction of sp³-hybridized carbons (Fsp3) is 0.375. The second-order valence-corrected chi connectivity index (χ2v) is 8.58. The van der Waals surface area contributed by atoms with Gasteiger partial charge in [0.05, 0.1) is 18.2 Å². The van der Waals surface area contributed by atoms with Crippen molar-refractivity contribution in [2.45, 2.75) is 26.3 Å². The summed E-state index contributed by atoms with van der Waals surface area (Å²) < 4.78 is 6.01. The van der Waals surface area contributed by atoms with Gasteiger partial charge in [-0.25, -0.2) is 0 Å². The van der Waals surface area contributed by atoms with Gasteiger partial charge in [0.1, 0.15) is 38.5 Å². The molecule has 0 saturated carbocycles. The van der Waals surface area contributed by atoms with Gasteiger partial charge < -0.3 is 19.6 Å². The molecule has 29 heavy (non-hydrogen) atoms. The number of rotatable bonds is 4. The largest absolute Gasteiger partial charge is 0.507 e. The number of allylic oxidation sites excluding steroid dienone is 1. The van der Waals surface area contributed by atoms with Gasteiger partial charge in [0, 0.05) is 0 Å². The number of nitrogens with one attached hydrogen (secondary N) is 2. The Hall–Kier alpha value is -2.63. The van der Waals surface area contributed by atoms with E-state index in [9.17, 15) is 9.90 Å². The summed E-state index contributed by atoms with van der Waals surface area (Å²) >= 11 is 0. The van der Waals surface area contributed by atoms with E-state index in [0.29, 0.717) is 29.5 Å².